The van der Waals surface area contributed by atoms with Gasteiger partial charge >= 0.3 is 5.69 Å². The number of rotatable bonds is 8. The molecule has 1 atom stereocenters. The van der Waals surface area contributed by atoms with Crippen molar-refractivity contribution in [1.82, 2.24) is 18.9 Å². The Morgan fingerprint density at radius 3 is 2.53 bits per heavy atom. The number of anilines is 1. The van der Waals surface area contributed by atoms with E-state index in [1.165, 1.54) is 33.3 Å². The molecular formula is C24H25N5O4S. The summed E-state index contributed by atoms with van der Waals surface area (Å²) in [5, 5.41) is 7.13. The van der Waals surface area contributed by atoms with E-state index in [0.717, 1.165) is 5.56 Å². The molecule has 1 unspecified atom stereocenters. The number of carbonyl (C=O) groups is 1. The molecule has 2 aromatic carbocycles. The van der Waals surface area contributed by atoms with Crippen molar-refractivity contribution in [2.75, 3.05) is 5.32 Å². The van der Waals surface area contributed by atoms with Crippen LogP contribution in [0.2, 0.25) is 0 Å². The Bertz CT molecular complexity index is 1490. The molecule has 176 valence electrons. The molecule has 0 radical (unpaired) electrons. The third kappa shape index (κ3) is 5.08. The van der Waals surface area contributed by atoms with E-state index in [4.69, 9.17) is 0 Å². The van der Waals surface area contributed by atoms with Crippen molar-refractivity contribution in [3.8, 4) is 0 Å². The maximum absolute atomic E-state index is 12.7. The summed E-state index contributed by atoms with van der Waals surface area (Å²) in [6.07, 6.45) is 2.33. The Balaban J connectivity index is 1.47. The first-order valence-electron chi connectivity index (χ1n) is 10.8. The average molecular weight is 480 g/mol. The Morgan fingerprint density at radius 2 is 1.82 bits per heavy atom. The van der Waals surface area contributed by atoms with Crippen molar-refractivity contribution in [3.63, 3.8) is 0 Å². The summed E-state index contributed by atoms with van der Waals surface area (Å²) in [7, 11) is -3.64. The lowest BCUT2D eigenvalue weighted by atomic mass is 10.1. The van der Waals surface area contributed by atoms with Crippen LogP contribution in [-0.2, 0) is 16.6 Å². The maximum atomic E-state index is 12.7. The lowest BCUT2D eigenvalue weighted by Crippen LogP contribution is -2.32. The van der Waals surface area contributed by atoms with Crippen LogP contribution >= 0.6 is 0 Å². The normalized spacial score (nSPS) is 12.5. The number of amides is 1. The van der Waals surface area contributed by atoms with Gasteiger partial charge in [0.05, 0.1) is 11.4 Å². The fourth-order valence-corrected chi connectivity index (χ4v) is 4.72. The van der Waals surface area contributed by atoms with Gasteiger partial charge in [-0.05, 0) is 67.4 Å². The van der Waals surface area contributed by atoms with Crippen LogP contribution in [0, 0.1) is 0 Å². The van der Waals surface area contributed by atoms with Gasteiger partial charge in [0.15, 0.2) is 5.65 Å². The number of fused-ring (bicyclic) bond motifs is 1. The van der Waals surface area contributed by atoms with Crippen LogP contribution in [-0.4, -0.2) is 34.5 Å². The van der Waals surface area contributed by atoms with E-state index in [-0.39, 0.29) is 29.1 Å². The number of carbonyl (C=O) groups excluding carboxylic acids is 1. The lowest BCUT2D eigenvalue weighted by Gasteiger charge is -2.12. The first-order valence-corrected chi connectivity index (χ1v) is 12.3. The molecule has 0 aliphatic heterocycles. The number of hydrogen-bond acceptors (Lipinski definition) is 5. The number of nitrogens with zero attached hydrogens (tertiary/aromatic N) is 3. The quantitative estimate of drug-likeness (QED) is 0.403. The Labute approximate surface area is 197 Å². The van der Waals surface area contributed by atoms with E-state index in [0.29, 0.717) is 23.3 Å². The van der Waals surface area contributed by atoms with Gasteiger partial charge in [-0.2, -0.15) is 0 Å². The zero-order valence-corrected chi connectivity index (χ0v) is 19.6. The summed E-state index contributed by atoms with van der Waals surface area (Å²) in [6, 6.07) is 18.0. The summed E-state index contributed by atoms with van der Waals surface area (Å²) in [4.78, 5) is 25.3. The number of aromatic nitrogens is 3. The predicted molar refractivity (Wildman–Crippen MR) is 129 cm³/mol. The molecule has 4 aromatic rings. The minimum atomic E-state index is -3.64. The maximum Gasteiger partial charge on any atom is 0.350 e. The standard InChI is InChI=1S/C24H25N5O4S/c1-3-17(2)27-34(32,33)21-12-10-19(11-13-21)23(30)25-20-8-6-7-18(15-20)16-29-24(31)28-14-5-4-9-22(28)26-29/h4-15,17,27H,3,16H2,1-2H3,(H,25,30). The second-order valence-electron chi connectivity index (χ2n) is 7.98. The molecule has 0 bridgehead atoms. The molecule has 0 saturated carbocycles. The number of sulfonamides is 1. The Kier molecular flexibility index (Phi) is 6.62. The van der Waals surface area contributed by atoms with Crippen molar-refractivity contribution in [1.29, 1.82) is 0 Å². The van der Waals surface area contributed by atoms with Gasteiger partial charge in [-0.1, -0.05) is 25.1 Å². The predicted octanol–water partition coefficient (Wildman–Crippen LogP) is 2.87. The third-order valence-electron chi connectivity index (χ3n) is 5.40. The number of pyridine rings is 1. The highest BCUT2D eigenvalue weighted by atomic mass is 32.2. The molecular weight excluding hydrogens is 454 g/mol. The van der Waals surface area contributed by atoms with Crippen LogP contribution in [0.25, 0.3) is 5.65 Å². The minimum absolute atomic E-state index is 0.101. The fraction of sp³-hybridized carbons (Fsp3) is 0.208. The smallest absolute Gasteiger partial charge is 0.322 e. The molecule has 2 N–H and O–H groups in total. The highest BCUT2D eigenvalue weighted by molar-refractivity contribution is 7.89. The molecule has 0 aliphatic carbocycles. The second-order valence-corrected chi connectivity index (χ2v) is 9.69. The topological polar surface area (TPSA) is 115 Å². The van der Waals surface area contributed by atoms with Crippen molar-refractivity contribution in [2.45, 2.75) is 37.8 Å². The molecule has 0 saturated heterocycles. The molecule has 4 rings (SSSR count). The molecule has 0 aliphatic rings. The van der Waals surface area contributed by atoms with Crippen molar-refractivity contribution < 1.29 is 13.2 Å². The van der Waals surface area contributed by atoms with Gasteiger partial charge in [0.25, 0.3) is 5.91 Å². The van der Waals surface area contributed by atoms with Crippen LogP contribution in [0.5, 0.6) is 0 Å². The van der Waals surface area contributed by atoms with E-state index in [1.54, 1.807) is 43.5 Å². The van der Waals surface area contributed by atoms with Gasteiger partial charge in [-0.25, -0.2) is 22.6 Å². The van der Waals surface area contributed by atoms with Crippen molar-refractivity contribution in [3.05, 3.63) is 94.5 Å². The Morgan fingerprint density at radius 1 is 1.06 bits per heavy atom. The first kappa shape index (κ1) is 23.4. The van der Waals surface area contributed by atoms with Gasteiger partial charge in [-0.3, -0.25) is 9.20 Å². The van der Waals surface area contributed by atoms with Crippen molar-refractivity contribution >= 4 is 27.3 Å². The number of benzene rings is 2. The van der Waals surface area contributed by atoms with Crippen LogP contribution in [0.1, 0.15) is 36.2 Å². The lowest BCUT2D eigenvalue weighted by molar-refractivity contribution is 0.102. The molecule has 0 spiro atoms. The molecule has 1 amide bonds. The van der Waals surface area contributed by atoms with Gasteiger partial charge in [-0.15, -0.1) is 5.10 Å². The van der Waals surface area contributed by atoms with E-state index >= 15 is 0 Å². The second kappa shape index (κ2) is 9.62. The number of nitrogens with one attached hydrogen (secondary N) is 2. The monoisotopic (exact) mass is 479 g/mol. The summed E-state index contributed by atoms with van der Waals surface area (Å²) < 4.78 is 30.2. The Hall–Kier alpha value is -3.76. The summed E-state index contributed by atoms with van der Waals surface area (Å²) >= 11 is 0. The average Bonchev–Trinajstić information content (AvgIpc) is 3.14. The highest BCUT2D eigenvalue weighted by Gasteiger charge is 2.17. The third-order valence-corrected chi connectivity index (χ3v) is 7.01. The van der Waals surface area contributed by atoms with Crippen LogP contribution in [0.15, 0.2) is 82.6 Å². The van der Waals surface area contributed by atoms with Crippen LogP contribution < -0.4 is 15.7 Å². The zero-order valence-electron chi connectivity index (χ0n) is 18.8. The van der Waals surface area contributed by atoms with Gasteiger partial charge < -0.3 is 5.32 Å². The SMILES string of the molecule is CCC(C)NS(=O)(=O)c1ccc(C(=O)Nc2cccc(Cn3nc4ccccn4c3=O)c2)cc1. The van der Waals surface area contributed by atoms with Gasteiger partial charge in [0.2, 0.25) is 10.0 Å². The number of hydrogen-bond donors (Lipinski definition) is 2. The van der Waals surface area contributed by atoms with Crippen molar-refractivity contribution in [2.24, 2.45) is 0 Å². The van der Waals surface area contributed by atoms with E-state index < -0.39 is 10.0 Å². The summed E-state index contributed by atoms with van der Waals surface area (Å²) in [6.45, 7) is 3.93. The van der Waals surface area contributed by atoms with E-state index in [9.17, 15) is 18.0 Å². The largest absolute Gasteiger partial charge is 0.350 e. The van der Waals surface area contributed by atoms with E-state index in [2.05, 4.69) is 15.1 Å². The van der Waals surface area contributed by atoms with Crippen LogP contribution in [0.4, 0.5) is 5.69 Å². The molecule has 9 nitrogen and oxygen atoms in total. The highest BCUT2D eigenvalue weighted by Crippen LogP contribution is 2.16. The minimum Gasteiger partial charge on any atom is -0.322 e. The molecule has 2 heterocycles. The van der Waals surface area contributed by atoms with Gasteiger partial charge in [0, 0.05) is 23.5 Å². The molecule has 0 fully saturated rings. The first-order chi connectivity index (χ1) is 16.3. The summed E-state index contributed by atoms with van der Waals surface area (Å²) in [5.41, 5.74) is 1.98. The van der Waals surface area contributed by atoms with E-state index in [1.807, 2.05) is 19.1 Å². The van der Waals surface area contributed by atoms with Gasteiger partial charge in [0.1, 0.15) is 0 Å². The molecule has 34 heavy (non-hydrogen) atoms. The molecule has 2 aromatic heterocycles. The fourth-order valence-electron chi connectivity index (χ4n) is 3.40. The molecule has 10 heteroatoms. The van der Waals surface area contributed by atoms with Crippen LogP contribution in [0.3, 0.4) is 0 Å². The summed E-state index contributed by atoms with van der Waals surface area (Å²) in [5.74, 6) is -0.374. The zero-order chi connectivity index (χ0) is 24.3.